The van der Waals surface area contributed by atoms with E-state index in [0.29, 0.717) is 0 Å². The molecule has 0 saturated carbocycles. The summed E-state index contributed by atoms with van der Waals surface area (Å²) in [7, 11) is 9.95. The first-order valence-corrected chi connectivity index (χ1v) is 47.1. The van der Waals surface area contributed by atoms with Crippen LogP contribution in [0.1, 0.15) is 45.3 Å². The zero-order chi connectivity index (χ0) is 99.3. The minimum atomic E-state index is 0. The first-order valence-electron chi connectivity index (χ1n) is 47.1. The van der Waals surface area contributed by atoms with Crippen LogP contribution in [0, 0.1) is 104 Å². The van der Waals surface area contributed by atoms with Crippen molar-refractivity contribution >= 4 is 0 Å². The molecule has 21 heteroatoms. The molecule has 147 heavy (non-hydrogen) atoms. The van der Waals surface area contributed by atoms with Crippen molar-refractivity contribution in [2.45, 2.75) is 55.4 Å². The zero-order valence-electron chi connectivity index (χ0n) is 83.8. The van der Waals surface area contributed by atoms with Crippen LogP contribution in [0.4, 0.5) is 0 Å². The molecule has 738 valence electrons. The van der Waals surface area contributed by atoms with Crippen LogP contribution in [-0.4, -0.2) is 81.6 Å². The number of hydrogen-bond donors (Lipinski definition) is 0. The Morgan fingerprint density at radius 3 is 0.789 bits per heavy atom. The molecule has 0 N–H and O–H groups in total. The van der Waals surface area contributed by atoms with E-state index in [2.05, 4.69) is 259 Å². The summed E-state index contributed by atoms with van der Waals surface area (Å²) >= 11 is 0. The smallest absolute Gasteiger partial charge is 0.350 e. The molecule has 0 atom stereocenters. The average molecular weight is 2640 g/mol. The molecule has 8 aromatic heterocycles. The summed E-state index contributed by atoms with van der Waals surface area (Å²) < 4.78 is 16.1. The van der Waals surface area contributed by atoms with Crippen LogP contribution in [0.15, 0.2) is 427 Å². The number of benzene rings is 15. The number of hydrogen-bond acceptors (Lipinski definition) is 9. The number of aromatic nitrogens is 17. The minimum Gasteiger partial charge on any atom is -0.350 e. The number of nitrogens with zero attached hydrogens (tertiary/aromatic N) is 17. The fraction of sp³-hybridized carbons (Fsp3) is 0.103. The van der Waals surface area contributed by atoms with E-state index in [0.717, 1.165) is 136 Å². The molecule has 17 nitrogen and oxygen atoms in total. The molecule has 0 aliphatic heterocycles. The Labute approximate surface area is 920 Å². The molecule has 8 heterocycles. The van der Waals surface area contributed by atoms with Gasteiger partial charge in [0.05, 0.1) is 55.7 Å². The number of aryl methyl sites for hydroxylation is 11. The molecule has 0 amide bonds. The van der Waals surface area contributed by atoms with Crippen LogP contribution in [0.25, 0.3) is 152 Å². The predicted molar refractivity (Wildman–Crippen MR) is 578 cm³/mol. The topological polar surface area (TPSA) is 155 Å². The summed E-state index contributed by atoms with van der Waals surface area (Å²) in [6.45, 7) is 16.6. The second kappa shape index (κ2) is 54.6. The molecule has 0 aliphatic rings. The largest absolute Gasteiger partial charge is 2.00 e. The van der Waals surface area contributed by atoms with Gasteiger partial charge in [-0.15, -0.1) is 239 Å². The summed E-state index contributed by atoms with van der Waals surface area (Å²) in [5.74, 6) is 1.68. The molecule has 0 fully saturated rings. The summed E-state index contributed by atoms with van der Waals surface area (Å²) in [4.78, 5) is 35.6. The third kappa shape index (κ3) is 28.3. The monoisotopic (exact) mass is 2640 g/mol. The van der Waals surface area contributed by atoms with E-state index in [9.17, 15) is 0 Å². The Hall–Kier alpha value is -15.3. The van der Waals surface area contributed by atoms with Crippen molar-refractivity contribution in [3.8, 4) is 152 Å². The molecular weight excluding hydrogens is 2530 g/mol. The fourth-order valence-electron chi connectivity index (χ4n) is 16.9. The molecule has 15 aromatic carbocycles. The van der Waals surface area contributed by atoms with Crippen LogP contribution in [-0.2, 0) is 119 Å². The molecule has 23 aromatic rings. The summed E-state index contributed by atoms with van der Waals surface area (Å²) in [5.41, 5.74) is 36.4. The predicted octanol–water partition coefficient (Wildman–Crippen LogP) is 28.0. The van der Waals surface area contributed by atoms with Gasteiger partial charge in [-0.2, -0.15) is 29.4 Å². The number of imidazole rings is 7. The SMILES string of the molecule is Cc1cccc(C)c1-n1cnc(-c2[c-]cccc2)c1C.Cc1cccc(C)c1-n1cnc(-c2[c-]cccc2)c1C.Cc1nc(C)n(-c2[c-]cccc2)n1.Cn1cnc(-c2[c-]cccc2)c1-c1ccccc1.Cn1cnc(-c2[c-]cccc2)c1-c1ccccc1.Cn1cnc(-c2[c-]cccc2-c2ccccc2)c1.Cn1cnc(-c2[c-]cccc2-c2ccccc2)c1.Cn1cnc(-c2[c-]cccc2-c2ccccc2)c1.[Pt+2].[Pt+2].[Pt+2].[Pt+2]. The van der Waals surface area contributed by atoms with Crippen molar-refractivity contribution in [1.82, 2.24) is 81.6 Å². The first kappa shape index (κ1) is 110. The van der Waals surface area contributed by atoms with E-state index in [1.165, 1.54) is 61.4 Å². The van der Waals surface area contributed by atoms with Gasteiger partial charge in [0.2, 0.25) is 0 Å². The molecule has 23 rings (SSSR count). The third-order valence-electron chi connectivity index (χ3n) is 23.7. The van der Waals surface area contributed by atoms with Gasteiger partial charge in [0.1, 0.15) is 11.6 Å². The van der Waals surface area contributed by atoms with Crippen molar-refractivity contribution in [2.24, 2.45) is 35.2 Å². The number of para-hydroxylation sites is 3. The van der Waals surface area contributed by atoms with Crippen LogP contribution >= 0.6 is 0 Å². The van der Waals surface area contributed by atoms with Gasteiger partial charge < -0.3 is 32.0 Å². The Bertz CT molecular complexity index is 7390. The van der Waals surface area contributed by atoms with Gasteiger partial charge in [0.15, 0.2) is 0 Å². The molecule has 0 radical (unpaired) electrons. The van der Waals surface area contributed by atoms with E-state index in [1.807, 2.05) is 384 Å². The quantitative estimate of drug-likeness (QED) is 0.0912. The molecule has 0 unspecified atom stereocenters. The Kier molecular flexibility index (Phi) is 41.0. The van der Waals surface area contributed by atoms with Crippen LogP contribution in [0.3, 0.4) is 0 Å². The van der Waals surface area contributed by atoms with E-state index >= 15 is 0 Å². The van der Waals surface area contributed by atoms with Gasteiger partial charge in [-0.3, -0.25) is 34.9 Å². The molecule has 0 bridgehead atoms. The Morgan fingerprint density at radius 2 is 0.517 bits per heavy atom. The maximum atomic E-state index is 4.58. The Balaban J connectivity index is 0.000000149. The van der Waals surface area contributed by atoms with Gasteiger partial charge in [-0.05, 0) is 113 Å². The van der Waals surface area contributed by atoms with Crippen LogP contribution in [0.5, 0.6) is 0 Å². The van der Waals surface area contributed by atoms with Crippen LogP contribution < -0.4 is 0 Å². The molecule has 0 saturated heterocycles. The molecule has 0 spiro atoms. The molecular formula is C126H109N17Pt4. The van der Waals surface area contributed by atoms with Crippen LogP contribution in [0.2, 0.25) is 0 Å². The number of rotatable bonds is 15. The maximum absolute atomic E-state index is 4.58. The van der Waals surface area contributed by atoms with Crippen molar-refractivity contribution in [2.75, 3.05) is 0 Å². The van der Waals surface area contributed by atoms with Gasteiger partial charge in [0, 0.05) is 97.9 Å². The second-order valence-corrected chi connectivity index (χ2v) is 34.1. The van der Waals surface area contributed by atoms with Crippen molar-refractivity contribution in [3.63, 3.8) is 0 Å². The van der Waals surface area contributed by atoms with E-state index in [1.54, 1.807) is 4.68 Å². The van der Waals surface area contributed by atoms with Gasteiger partial charge in [0.25, 0.3) is 0 Å². The van der Waals surface area contributed by atoms with Gasteiger partial charge in [-0.1, -0.05) is 221 Å². The minimum absolute atomic E-state index is 0. The standard InChI is InChI=1S/2C18H17N2.5C16H13N2.C10H10N3.4Pt/c2*1-13-8-7-9-14(2)18(13)20-12-19-17(15(20)3)16-10-5-4-6-11-16;2*1-18-12-17-15(13-8-4-2-5-9-13)16(18)14-10-6-3-7-11-14;3*1-18-11-16(17-12-18)15-10-6-5-9-14(15)13-7-3-2-4-8-13;1-8-11-9(2)13(12-8)10-6-4-3-5-7-10;;;;/h2*4-10,12H,1-3H3;2*2-8,10-12H,1H3;3*2-9,11-12H,1H3;3-6H,1-2H3;;;;/q8*-1;4*+2. The average Bonchev–Trinajstić information content (AvgIpc) is 1.63. The summed E-state index contributed by atoms with van der Waals surface area (Å²) in [6.07, 6.45) is 19.0. The summed E-state index contributed by atoms with van der Waals surface area (Å²) in [6, 6.07) is 148. The normalized spacial score (nSPS) is 10.3. The first-order chi connectivity index (χ1) is 69.9. The third-order valence-corrected chi connectivity index (χ3v) is 23.7. The van der Waals surface area contributed by atoms with Gasteiger partial charge >= 0.3 is 84.3 Å². The maximum Gasteiger partial charge on any atom is 2.00 e. The Morgan fingerprint density at radius 1 is 0.238 bits per heavy atom. The van der Waals surface area contributed by atoms with Gasteiger partial charge in [-0.25, -0.2) is 9.67 Å². The van der Waals surface area contributed by atoms with E-state index in [-0.39, 0.29) is 84.3 Å². The van der Waals surface area contributed by atoms with Crippen molar-refractivity contribution in [1.29, 1.82) is 0 Å². The van der Waals surface area contributed by atoms with Crippen molar-refractivity contribution in [3.05, 3.63) is 521 Å². The van der Waals surface area contributed by atoms with E-state index in [4.69, 9.17) is 0 Å². The molecule has 0 aliphatic carbocycles. The fourth-order valence-corrected chi connectivity index (χ4v) is 16.9. The zero-order valence-corrected chi connectivity index (χ0v) is 92.9. The summed E-state index contributed by atoms with van der Waals surface area (Å²) in [5, 5.41) is 4.25. The second-order valence-electron chi connectivity index (χ2n) is 34.1. The van der Waals surface area contributed by atoms with Crippen molar-refractivity contribution < 1.29 is 84.3 Å². The van der Waals surface area contributed by atoms with E-state index < -0.39 is 0 Å².